The summed E-state index contributed by atoms with van der Waals surface area (Å²) >= 11 is 0. The van der Waals surface area contributed by atoms with Gasteiger partial charge < -0.3 is 24.4 Å². The van der Waals surface area contributed by atoms with Gasteiger partial charge in [0.15, 0.2) is 0 Å². The molecule has 0 aliphatic heterocycles. The Kier molecular flexibility index (Phi) is 10.3. The van der Waals surface area contributed by atoms with Crippen molar-refractivity contribution in [2.75, 3.05) is 26.0 Å². The van der Waals surface area contributed by atoms with Crippen LogP contribution in [0.4, 0.5) is 4.79 Å². The number of amides is 1. The summed E-state index contributed by atoms with van der Waals surface area (Å²) in [7, 11) is -2.54. The number of esters is 2. The SMILES string of the molecule is CCOC(=O)CCP(=O)(O)CC[C@@H](NC(=O)OCc1ccccc1)C(=O)OC. The molecule has 156 valence electrons. The number of nitrogens with one attached hydrogen (secondary N) is 1. The van der Waals surface area contributed by atoms with Gasteiger partial charge in [-0.05, 0) is 18.9 Å². The summed E-state index contributed by atoms with van der Waals surface area (Å²) in [4.78, 5) is 45.1. The lowest BCUT2D eigenvalue weighted by atomic mass is 10.2. The lowest BCUT2D eigenvalue weighted by Gasteiger charge is -2.18. The van der Waals surface area contributed by atoms with Crippen molar-refractivity contribution in [3.05, 3.63) is 35.9 Å². The summed E-state index contributed by atoms with van der Waals surface area (Å²) in [6.07, 6.45) is -1.72. The molecule has 0 radical (unpaired) electrons. The number of carbonyl (C=O) groups is 3. The van der Waals surface area contributed by atoms with Crippen molar-refractivity contribution < 1.29 is 38.1 Å². The van der Waals surface area contributed by atoms with Gasteiger partial charge in [-0.2, -0.15) is 0 Å². The second kappa shape index (κ2) is 12.2. The molecule has 0 bridgehead atoms. The first-order chi connectivity index (χ1) is 13.3. The molecule has 0 aliphatic rings. The molecule has 9 nitrogen and oxygen atoms in total. The molecule has 0 heterocycles. The van der Waals surface area contributed by atoms with Crippen LogP contribution in [-0.4, -0.2) is 55.0 Å². The lowest BCUT2D eigenvalue weighted by Crippen LogP contribution is -2.42. The largest absolute Gasteiger partial charge is 0.467 e. The van der Waals surface area contributed by atoms with Crippen LogP contribution in [0.15, 0.2) is 30.3 Å². The van der Waals surface area contributed by atoms with Crippen LogP contribution in [0.25, 0.3) is 0 Å². The molecule has 10 heteroatoms. The van der Waals surface area contributed by atoms with E-state index in [0.717, 1.165) is 12.7 Å². The van der Waals surface area contributed by atoms with Crippen molar-refractivity contribution in [2.45, 2.75) is 32.4 Å². The van der Waals surface area contributed by atoms with Crippen LogP contribution < -0.4 is 5.32 Å². The van der Waals surface area contributed by atoms with Crippen LogP contribution in [0, 0.1) is 0 Å². The number of methoxy groups -OCH3 is 1. The van der Waals surface area contributed by atoms with Gasteiger partial charge in [0.25, 0.3) is 0 Å². The third kappa shape index (κ3) is 9.53. The minimum atomic E-state index is -3.68. The molecule has 2 atom stereocenters. The maximum atomic E-state index is 12.2. The molecule has 1 aromatic rings. The van der Waals surface area contributed by atoms with Gasteiger partial charge in [-0.3, -0.25) is 9.36 Å². The maximum absolute atomic E-state index is 12.2. The second-order valence-corrected chi connectivity index (χ2v) is 8.51. The summed E-state index contributed by atoms with van der Waals surface area (Å²) < 4.78 is 26.6. The zero-order valence-corrected chi connectivity index (χ0v) is 16.9. The molecule has 0 saturated carbocycles. The topological polar surface area (TPSA) is 128 Å². The predicted molar refractivity (Wildman–Crippen MR) is 101 cm³/mol. The van der Waals surface area contributed by atoms with Crippen molar-refractivity contribution in [3.8, 4) is 0 Å². The molecule has 28 heavy (non-hydrogen) atoms. The lowest BCUT2D eigenvalue weighted by molar-refractivity contribution is -0.143. The van der Waals surface area contributed by atoms with Gasteiger partial charge in [0.05, 0.1) is 20.1 Å². The minimum Gasteiger partial charge on any atom is -0.467 e. The number of hydrogen-bond donors (Lipinski definition) is 2. The fraction of sp³-hybridized carbons (Fsp3) is 0.500. The third-order valence-corrected chi connectivity index (χ3v) is 5.61. The van der Waals surface area contributed by atoms with E-state index in [4.69, 9.17) is 9.47 Å². The Morgan fingerprint density at radius 1 is 1.14 bits per heavy atom. The predicted octanol–water partition coefficient (Wildman–Crippen LogP) is 2.07. The smallest absolute Gasteiger partial charge is 0.408 e. The van der Waals surface area contributed by atoms with Gasteiger partial charge in [-0.1, -0.05) is 30.3 Å². The monoisotopic (exact) mass is 415 g/mol. The highest BCUT2D eigenvalue weighted by atomic mass is 31.2. The first-order valence-corrected chi connectivity index (χ1v) is 10.8. The summed E-state index contributed by atoms with van der Waals surface area (Å²) in [5, 5.41) is 2.34. The van der Waals surface area contributed by atoms with Crippen molar-refractivity contribution in [2.24, 2.45) is 0 Å². The van der Waals surface area contributed by atoms with Crippen LogP contribution in [-0.2, 0) is 35.0 Å². The quantitative estimate of drug-likeness (QED) is 0.319. The summed E-state index contributed by atoms with van der Waals surface area (Å²) in [6, 6.07) is 7.82. The Morgan fingerprint density at radius 2 is 1.82 bits per heavy atom. The molecule has 1 aromatic carbocycles. The molecule has 0 fully saturated rings. The van der Waals surface area contributed by atoms with Crippen LogP contribution in [0.1, 0.15) is 25.3 Å². The molecular weight excluding hydrogens is 389 g/mol. The average Bonchev–Trinajstić information content (AvgIpc) is 2.68. The van der Waals surface area contributed by atoms with Crippen LogP contribution in [0.5, 0.6) is 0 Å². The fourth-order valence-electron chi connectivity index (χ4n) is 2.24. The molecule has 1 rings (SSSR count). The normalized spacial score (nSPS) is 13.7. The number of carbonyl (C=O) groups excluding carboxylic acids is 3. The van der Waals surface area contributed by atoms with Gasteiger partial charge in [0.2, 0.25) is 7.37 Å². The van der Waals surface area contributed by atoms with E-state index >= 15 is 0 Å². The van der Waals surface area contributed by atoms with Crippen molar-refractivity contribution in [1.82, 2.24) is 5.32 Å². The van der Waals surface area contributed by atoms with Crippen molar-refractivity contribution >= 4 is 25.4 Å². The Balaban J connectivity index is 2.53. The number of alkyl carbamates (subject to hydrolysis) is 1. The van der Waals surface area contributed by atoms with E-state index in [9.17, 15) is 23.8 Å². The fourth-order valence-corrected chi connectivity index (χ4v) is 3.66. The van der Waals surface area contributed by atoms with E-state index in [2.05, 4.69) is 10.1 Å². The molecule has 2 N–H and O–H groups in total. The molecular formula is C18H26NO8P. The van der Waals surface area contributed by atoms with Gasteiger partial charge in [-0.15, -0.1) is 0 Å². The van der Waals surface area contributed by atoms with Crippen LogP contribution in [0.2, 0.25) is 0 Å². The summed E-state index contributed by atoms with van der Waals surface area (Å²) in [6.45, 7) is 1.84. The standard InChI is InChI=1S/C18H26NO8P/c1-3-26-16(20)10-12-28(23,24)11-9-15(17(21)25-2)19-18(22)27-13-14-7-5-4-6-8-14/h4-8,15H,3,9-13H2,1-2H3,(H,19,22)(H,23,24)/t15-/m1/s1. The van der Waals surface area contributed by atoms with Gasteiger partial charge in [-0.25, -0.2) is 9.59 Å². The summed E-state index contributed by atoms with van der Waals surface area (Å²) in [5.41, 5.74) is 0.770. The van der Waals surface area contributed by atoms with Crippen molar-refractivity contribution in [3.63, 3.8) is 0 Å². The van der Waals surface area contributed by atoms with Gasteiger partial charge in [0, 0.05) is 12.3 Å². The second-order valence-electron chi connectivity index (χ2n) is 5.92. The first kappa shape index (κ1) is 23.7. The number of ether oxygens (including phenoxy) is 3. The van der Waals surface area contributed by atoms with E-state index in [1.54, 1.807) is 31.2 Å². The maximum Gasteiger partial charge on any atom is 0.408 e. The molecule has 1 amide bonds. The highest BCUT2D eigenvalue weighted by Gasteiger charge is 2.27. The minimum absolute atomic E-state index is 0.0125. The third-order valence-electron chi connectivity index (χ3n) is 3.73. The van der Waals surface area contributed by atoms with E-state index in [0.29, 0.717) is 0 Å². The van der Waals surface area contributed by atoms with E-state index < -0.39 is 31.4 Å². The number of benzene rings is 1. The number of hydrogen-bond acceptors (Lipinski definition) is 7. The average molecular weight is 415 g/mol. The molecule has 0 spiro atoms. The Labute approximate surface area is 163 Å². The molecule has 0 aromatic heterocycles. The van der Waals surface area contributed by atoms with Crippen LogP contribution >= 0.6 is 7.37 Å². The van der Waals surface area contributed by atoms with Crippen molar-refractivity contribution in [1.29, 1.82) is 0 Å². The highest BCUT2D eigenvalue weighted by Crippen LogP contribution is 2.42. The molecule has 0 saturated heterocycles. The Hall–Kier alpha value is -2.38. The zero-order valence-electron chi connectivity index (χ0n) is 16.0. The molecule has 1 unspecified atom stereocenters. The van der Waals surface area contributed by atoms with Gasteiger partial charge in [0.1, 0.15) is 12.6 Å². The van der Waals surface area contributed by atoms with Crippen LogP contribution in [0.3, 0.4) is 0 Å². The first-order valence-electron chi connectivity index (χ1n) is 8.79. The number of rotatable bonds is 11. The van der Waals surface area contributed by atoms with Gasteiger partial charge >= 0.3 is 18.0 Å². The highest BCUT2D eigenvalue weighted by molar-refractivity contribution is 7.58. The molecule has 0 aliphatic carbocycles. The van der Waals surface area contributed by atoms with E-state index in [-0.39, 0.29) is 38.4 Å². The Bertz CT molecular complexity index is 694. The Morgan fingerprint density at radius 3 is 2.43 bits per heavy atom. The summed E-state index contributed by atoms with van der Waals surface area (Å²) in [5.74, 6) is -1.33. The van der Waals surface area contributed by atoms with E-state index in [1.807, 2.05) is 6.07 Å². The zero-order chi connectivity index (χ0) is 21.0. The van der Waals surface area contributed by atoms with E-state index in [1.165, 1.54) is 0 Å².